The van der Waals surface area contributed by atoms with Crippen molar-refractivity contribution in [3.63, 3.8) is 0 Å². The number of carbonyl (C=O) groups excluding carboxylic acids is 1. The third-order valence-corrected chi connectivity index (χ3v) is 6.52. The van der Waals surface area contributed by atoms with Crippen molar-refractivity contribution in [2.24, 2.45) is 0 Å². The maximum atomic E-state index is 11.0. The molecule has 0 aliphatic heterocycles. The van der Waals surface area contributed by atoms with Crippen LogP contribution in [0.5, 0.6) is 11.5 Å². The number of rotatable bonds is 5. The van der Waals surface area contributed by atoms with Crippen molar-refractivity contribution in [1.82, 2.24) is 0 Å². The Bertz CT molecular complexity index is 423. The van der Waals surface area contributed by atoms with E-state index in [1.807, 2.05) is 12.1 Å². The SMILES string of the molecule is COc1cc(C(Br)C(Br)CBr)ccc1OC(C)=O. The Kier molecular flexibility index (Phi) is 6.66. The summed E-state index contributed by atoms with van der Waals surface area (Å²) < 4.78 is 10.3. The number of methoxy groups -OCH3 is 1. The van der Waals surface area contributed by atoms with Crippen molar-refractivity contribution >= 4 is 53.8 Å². The van der Waals surface area contributed by atoms with Crippen LogP contribution < -0.4 is 9.47 Å². The number of ether oxygens (including phenoxy) is 2. The summed E-state index contributed by atoms with van der Waals surface area (Å²) >= 11 is 10.6. The van der Waals surface area contributed by atoms with Gasteiger partial charge in [-0.3, -0.25) is 4.79 Å². The summed E-state index contributed by atoms with van der Waals surface area (Å²) in [6, 6.07) is 5.49. The zero-order valence-corrected chi connectivity index (χ0v) is 14.7. The number of alkyl halides is 3. The lowest BCUT2D eigenvalue weighted by molar-refractivity contribution is -0.132. The van der Waals surface area contributed by atoms with Crippen molar-refractivity contribution in [3.05, 3.63) is 23.8 Å². The first-order valence-corrected chi connectivity index (χ1v) is 8.15. The molecule has 6 heteroatoms. The van der Waals surface area contributed by atoms with E-state index in [9.17, 15) is 4.79 Å². The molecule has 0 spiro atoms. The highest BCUT2D eigenvalue weighted by Gasteiger charge is 2.19. The molecule has 18 heavy (non-hydrogen) atoms. The highest BCUT2D eigenvalue weighted by atomic mass is 79.9. The minimum absolute atomic E-state index is 0.136. The summed E-state index contributed by atoms with van der Waals surface area (Å²) in [7, 11) is 1.55. The van der Waals surface area contributed by atoms with Crippen LogP contribution in [0.1, 0.15) is 17.3 Å². The van der Waals surface area contributed by atoms with Crippen LogP contribution in [0, 0.1) is 0 Å². The largest absolute Gasteiger partial charge is 0.493 e. The maximum Gasteiger partial charge on any atom is 0.308 e. The predicted molar refractivity (Wildman–Crippen MR) is 82.5 cm³/mol. The molecule has 1 rings (SSSR count). The fourth-order valence-corrected chi connectivity index (χ4v) is 3.03. The summed E-state index contributed by atoms with van der Waals surface area (Å²) in [6.07, 6.45) is 0. The maximum absolute atomic E-state index is 11.0. The number of halogens is 3. The predicted octanol–water partition coefficient (Wildman–Crippen LogP) is 4.21. The van der Waals surface area contributed by atoms with Crippen LogP contribution in [-0.2, 0) is 4.79 Å². The molecule has 1 aromatic carbocycles. The molecule has 3 nitrogen and oxygen atoms in total. The molecule has 1 aromatic rings. The van der Waals surface area contributed by atoms with Crippen molar-refractivity contribution < 1.29 is 14.3 Å². The van der Waals surface area contributed by atoms with Crippen LogP contribution in [0.25, 0.3) is 0 Å². The van der Waals surface area contributed by atoms with Crippen LogP contribution in [0.3, 0.4) is 0 Å². The van der Waals surface area contributed by atoms with E-state index in [4.69, 9.17) is 9.47 Å². The van der Waals surface area contributed by atoms with Gasteiger partial charge in [0.15, 0.2) is 11.5 Å². The molecule has 0 radical (unpaired) electrons. The van der Waals surface area contributed by atoms with Crippen LogP contribution in [0.4, 0.5) is 0 Å². The Morgan fingerprint density at radius 2 is 2.00 bits per heavy atom. The molecular weight excluding hydrogens is 432 g/mol. The first-order valence-electron chi connectivity index (χ1n) is 5.20. The second-order valence-electron chi connectivity index (χ2n) is 3.58. The number of hydrogen-bond acceptors (Lipinski definition) is 3. The fraction of sp³-hybridized carbons (Fsp3) is 0.417. The molecule has 2 unspecified atom stereocenters. The van der Waals surface area contributed by atoms with Crippen LogP contribution in [0.2, 0.25) is 0 Å². The molecular formula is C12H13Br3O3. The molecule has 2 atom stereocenters. The third-order valence-electron chi connectivity index (χ3n) is 2.22. The molecule has 0 saturated heterocycles. The quantitative estimate of drug-likeness (QED) is 0.387. The molecule has 0 aliphatic carbocycles. The highest BCUT2D eigenvalue weighted by molar-refractivity contribution is 9.13. The van der Waals surface area contributed by atoms with E-state index in [1.165, 1.54) is 6.92 Å². The summed E-state index contributed by atoms with van der Waals surface area (Å²) in [4.78, 5) is 11.3. The van der Waals surface area contributed by atoms with Gasteiger partial charge in [0, 0.05) is 17.1 Å². The van der Waals surface area contributed by atoms with Gasteiger partial charge in [0.1, 0.15) is 0 Å². The number of carbonyl (C=O) groups is 1. The Morgan fingerprint density at radius 1 is 1.33 bits per heavy atom. The molecule has 0 heterocycles. The zero-order chi connectivity index (χ0) is 13.7. The van der Waals surface area contributed by atoms with Crippen LogP contribution in [0.15, 0.2) is 18.2 Å². The Morgan fingerprint density at radius 3 is 2.50 bits per heavy atom. The summed E-state index contributed by atoms with van der Waals surface area (Å²) in [6.45, 7) is 1.36. The normalized spacial score (nSPS) is 13.8. The number of esters is 1. The minimum Gasteiger partial charge on any atom is -0.493 e. The monoisotopic (exact) mass is 442 g/mol. The summed E-state index contributed by atoms with van der Waals surface area (Å²) in [5.41, 5.74) is 1.05. The van der Waals surface area contributed by atoms with Crippen molar-refractivity contribution in [3.8, 4) is 11.5 Å². The van der Waals surface area contributed by atoms with Crippen LogP contribution >= 0.6 is 47.8 Å². The Hall–Kier alpha value is -0.0700. The zero-order valence-electron chi connectivity index (χ0n) is 9.95. The van der Waals surface area contributed by atoms with E-state index in [0.717, 1.165) is 10.9 Å². The van der Waals surface area contributed by atoms with E-state index in [1.54, 1.807) is 13.2 Å². The molecule has 100 valence electrons. The Labute approximate surface area is 132 Å². The first-order chi connectivity index (χ1) is 8.49. The molecule has 0 aliphatic rings. The molecule has 0 amide bonds. The second-order valence-corrected chi connectivity index (χ2v) is 6.39. The number of benzene rings is 1. The van der Waals surface area contributed by atoms with Crippen molar-refractivity contribution in [2.45, 2.75) is 16.6 Å². The minimum atomic E-state index is -0.365. The first kappa shape index (κ1) is 16.0. The van der Waals surface area contributed by atoms with Gasteiger partial charge in [-0.1, -0.05) is 53.9 Å². The van der Waals surface area contributed by atoms with Gasteiger partial charge in [0.05, 0.1) is 11.9 Å². The van der Waals surface area contributed by atoms with Gasteiger partial charge < -0.3 is 9.47 Å². The lowest BCUT2D eigenvalue weighted by Crippen LogP contribution is -2.08. The van der Waals surface area contributed by atoms with E-state index >= 15 is 0 Å². The lowest BCUT2D eigenvalue weighted by Gasteiger charge is -2.16. The molecule has 0 saturated carbocycles. The van der Waals surface area contributed by atoms with Gasteiger partial charge in [0.2, 0.25) is 0 Å². The molecule has 0 aromatic heterocycles. The van der Waals surface area contributed by atoms with Crippen molar-refractivity contribution in [1.29, 1.82) is 0 Å². The van der Waals surface area contributed by atoms with Gasteiger partial charge >= 0.3 is 5.97 Å². The lowest BCUT2D eigenvalue weighted by atomic mass is 10.1. The fourth-order valence-electron chi connectivity index (χ4n) is 1.38. The third kappa shape index (κ3) is 4.24. The summed E-state index contributed by atoms with van der Waals surface area (Å²) in [5, 5.41) is 0.816. The van der Waals surface area contributed by atoms with E-state index in [-0.39, 0.29) is 15.6 Å². The number of hydrogen-bond donors (Lipinski definition) is 0. The standard InChI is InChI=1S/C12H13Br3O3/c1-7(16)18-10-4-3-8(5-11(10)17-2)12(15)9(14)6-13/h3-5,9,12H,6H2,1-2H3. The average Bonchev–Trinajstić information content (AvgIpc) is 2.36. The highest BCUT2D eigenvalue weighted by Crippen LogP contribution is 2.37. The average molecular weight is 445 g/mol. The smallest absolute Gasteiger partial charge is 0.308 e. The van der Waals surface area contributed by atoms with E-state index < -0.39 is 0 Å². The van der Waals surface area contributed by atoms with Gasteiger partial charge in [0.25, 0.3) is 0 Å². The Balaban J connectivity index is 3.01. The second kappa shape index (κ2) is 7.50. The van der Waals surface area contributed by atoms with E-state index in [0.29, 0.717) is 11.5 Å². The van der Waals surface area contributed by atoms with Gasteiger partial charge in [-0.2, -0.15) is 0 Å². The topological polar surface area (TPSA) is 35.5 Å². The van der Waals surface area contributed by atoms with E-state index in [2.05, 4.69) is 47.8 Å². The molecule has 0 bridgehead atoms. The molecule has 0 N–H and O–H groups in total. The van der Waals surface area contributed by atoms with Crippen molar-refractivity contribution in [2.75, 3.05) is 12.4 Å². The summed E-state index contributed by atoms with van der Waals surface area (Å²) in [5.74, 6) is 0.607. The molecule has 0 fully saturated rings. The van der Waals surface area contributed by atoms with Gasteiger partial charge in [-0.15, -0.1) is 0 Å². The van der Waals surface area contributed by atoms with Gasteiger partial charge in [-0.05, 0) is 17.7 Å². The van der Waals surface area contributed by atoms with Crippen LogP contribution in [-0.4, -0.2) is 23.2 Å². The van der Waals surface area contributed by atoms with Gasteiger partial charge in [-0.25, -0.2) is 0 Å².